The molecule has 2 bridgehead atoms. The van der Waals surface area contributed by atoms with Crippen LogP contribution in [0, 0.1) is 0 Å². The first-order valence-corrected chi connectivity index (χ1v) is 10.8. The van der Waals surface area contributed by atoms with Gasteiger partial charge in [0.05, 0.1) is 76.5 Å². The van der Waals surface area contributed by atoms with Gasteiger partial charge in [0, 0.05) is 12.1 Å². The molecule has 0 unspecified atom stereocenters. The third-order valence-electron chi connectivity index (χ3n) is 4.63. The molecular weight excluding hydrogens is 398 g/mol. The van der Waals surface area contributed by atoms with Gasteiger partial charge in [-0.15, -0.1) is 0 Å². The average Bonchev–Trinajstić information content (AvgIpc) is 2.79. The van der Waals surface area contributed by atoms with E-state index in [4.69, 9.17) is 28.4 Å². The normalized spacial score (nSPS) is 22.3. The van der Waals surface area contributed by atoms with Crippen molar-refractivity contribution in [1.82, 2.24) is 4.98 Å². The minimum absolute atomic E-state index is 0.0577. The third-order valence-corrected chi connectivity index (χ3v) is 4.63. The minimum atomic E-state index is -0.0577. The second-order valence-corrected chi connectivity index (χ2v) is 7.57. The van der Waals surface area contributed by atoms with Crippen molar-refractivity contribution in [2.45, 2.75) is 45.9 Å². The predicted octanol–water partition coefficient (Wildman–Crippen LogP) is 3.53. The molecule has 0 aliphatic carbocycles. The van der Waals surface area contributed by atoms with Crippen LogP contribution < -0.4 is 4.74 Å². The lowest BCUT2D eigenvalue weighted by Crippen LogP contribution is -2.20. The number of ether oxygens (including phenoxy) is 6. The summed E-state index contributed by atoms with van der Waals surface area (Å²) in [5.41, 5.74) is 2.70. The van der Waals surface area contributed by atoms with Gasteiger partial charge in [-0.1, -0.05) is 30.3 Å². The fourth-order valence-corrected chi connectivity index (χ4v) is 2.98. The second kappa shape index (κ2) is 13.4. The van der Waals surface area contributed by atoms with Crippen molar-refractivity contribution in [1.29, 1.82) is 0 Å². The number of aromatic nitrogens is 1. The molecule has 0 amide bonds. The van der Waals surface area contributed by atoms with Crippen LogP contribution in [0.1, 0.15) is 30.8 Å². The molecule has 0 spiro atoms. The lowest BCUT2D eigenvalue weighted by Gasteiger charge is -2.17. The molecule has 1 aromatic heterocycles. The monoisotopic (exact) mass is 431 g/mol. The van der Waals surface area contributed by atoms with Crippen molar-refractivity contribution >= 4 is 0 Å². The van der Waals surface area contributed by atoms with Crippen LogP contribution in [0.5, 0.6) is 5.75 Å². The predicted molar refractivity (Wildman–Crippen MR) is 116 cm³/mol. The van der Waals surface area contributed by atoms with Gasteiger partial charge in [0.2, 0.25) is 0 Å². The van der Waals surface area contributed by atoms with Gasteiger partial charge in [0.25, 0.3) is 0 Å². The van der Waals surface area contributed by atoms with Crippen LogP contribution in [0.2, 0.25) is 0 Å². The van der Waals surface area contributed by atoms with Gasteiger partial charge in [-0.25, -0.2) is 0 Å². The van der Waals surface area contributed by atoms with Crippen LogP contribution in [-0.4, -0.2) is 56.8 Å². The van der Waals surface area contributed by atoms with E-state index in [1.165, 1.54) is 0 Å². The summed E-state index contributed by atoms with van der Waals surface area (Å²) in [6.07, 6.45) is -0.115. The van der Waals surface area contributed by atoms with Crippen LogP contribution in [-0.2, 0) is 43.5 Å². The maximum Gasteiger partial charge on any atom is 0.123 e. The third kappa shape index (κ3) is 9.33. The summed E-state index contributed by atoms with van der Waals surface area (Å²) in [5, 5.41) is 0. The molecule has 7 heteroatoms. The van der Waals surface area contributed by atoms with Gasteiger partial charge in [0.1, 0.15) is 12.4 Å². The fraction of sp³-hybridized carbons (Fsp3) is 0.542. The first-order valence-electron chi connectivity index (χ1n) is 10.8. The first-order chi connectivity index (χ1) is 15.2. The summed E-state index contributed by atoms with van der Waals surface area (Å²) in [6.45, 7) is 8.31. The highest BCUT2D eigenvalue weighted by molar-refractivity contribution is 5.27. The summed E-state index contributed by atoms with van der Waals surface area (Å²) < 4.78 is 34.6. The van der Waals surface area contributed by atoms with Gasteiger partial charge < -0.3 is 28.4 Å². The van der Waals surface area contributed by atoms with Gasteiger partial charge in [-0.05, 0) is 19.4 Å². The Hall–Kier alpha value is -2.03. The van der Waals surface area contributed by atoms with Crippen LogP contribution in [0.3, 0.4) is 0 Å². The van der Waals surface area contributed by atoms with E-state index in [0.29, 0.717) is 59.5 Å². The Labute approximate surface area is 184 Å². The average molecular weight is 432 g/mol. The molecule has 7 nitrogen and oxygen atoms in total. The Bertz CT molecular complexity index is 719. The zero-order valence-electron chi connectivity index (χ0n) is 18.5. The fourth-order valence-electron chi connectivity index (χ4n) is 2.98. The van der Waals surface area contributed by atoms with Crippen LogP contribution in [0.4, 0.5) is 0 Å². The quantitative estimate of drug-likeness (QED) is 0.736. The lowest BCUT2D eigenvalue weighted by molar-refractivity contribution is -0.0481. The van der Waals surface area contributed by atoms with E-state index < -0.39 is 0 Å². The number of fused-ring (bicyclic) bond motifs is 2. The number of rotatable bonds is 3. The van der Waals surface area contributed by atoms with Gasteiger partial charge in [0.15, 0.2) is 0 Å². The van der Waals surface area contributed by atoms with E-state index >= 15 is 0 Å². The highest BCUT2D eigenvalue weighted by Crippen LogP contribution is 2.18. The Morgan fingerprint density at radius 2 is 1.35 bits per heavy atom. The van der Waals surface area contributed by atoms with Crippen molar-refractivity contribution in [2.75, 3.05) is 39.6 Å². The molecule has 1 aliphatic rings. The van der Waals surface area contributed by atoms with Crippen LogP contribution in [0.15, 0.2) is 42.5 Å². The largest absolute Gasteiger partial charge is 0.489 e. The van der Waals surface area contributed by atoms with E-state index in [1.807, 2.05) is 56.3 Å². The molecule has 0 radical (unpaired) electrons. The van der Waals surface area contributed by atoms with E-state index in [-0.39, 0.29) is 12.2 Å². The molecular formula is C24H33NO6. The van der Waals surface area contributed by atoms with Gasteiger partial charge >= 0.3 is 0 Å². The Kier molecular flexibility index (Phi) is 10.2. The molecule has 0 saturated carbocycles. The number of nitrogens with zero attached hydrogens (tertiary/aromatic N) is 1. The Morgan fingerprint density at radius 3 is 1.94 bits per heavy atom. The molecule has 3 rings (SSSR count). The highest BCUT2D eigenvalue weighted by Gasteiger charge is 2.10. The maximum absolute atomic E-state index is 6.02. The van der Waals surface area contributed by atoms with Gasteiger partial charge in [-0.2, -0.15) is 0 Å². The van der Waals surface area contributed by atoms with Crippen molar-refractivity contribution < 1.29 is 28.4 Å². The molecule has 31 heavy (non-hydrogen) atoms. The maximum atomic E-state index is 6.02. The lowest BCUT2D eigenvalue weighted by atomic mass is 10.2. The zero-order chi connectivity index (χ0) is 21.7. The van der Waals surface area contributed by atoms with E-state index in [2.05, 4.69) is 4.98 Å². The Morgan fingerprint density at radius 1 is 0.806 bits per heavy atom. The molecule has 1 aliphatic heterocycles. The highest BCUT2D eigenvalue weighted by atomic mass is 16.6. The summed E-state index contributed by atoms with van der Waals surface area (Å²) in [4.78, 5) is 4.69. The summed E-state index contributed by atoms with van der Waals surface area (Å²) in [6, 6.07) is 13.9. The van der Waals surface area contributed by atoms with Crippen molar-refractivity contribution in [3.63, 3.8) is 0 Å². The summed E-state index contributed by atoms with van der Waals surface area (Å²) in [5.74, 6) is 0.746. The van der Waals surface area contributed by atoms with Gasteiger partial charge in [-0.3, -0.25) is 4.98 Å². The molecule has 0 saturated heterocycles. The molecule has 1 aromatic carbocycles. The van der Waals surface area contributed by atoms with Crippen molar-refractivity contribution in [2.24, 2.45) is 0 Å². The minimum Gasteiger partial charge on any atom is -0.489 e. The van der Waals surface area contributed by atoms with E-state index in [0.717, 1.165) is 22.7 Å². The summed E-state index contributed by atoms with van der Waals surface area (Å²) >= 11 is 0. The first kappa shape index (κ1) is 23.6. The number of benzene rings is 1. The molecule has 0 fully saturated rings. The number of hydrogen-bond donors (Lipinski definition) is 0. The Balaban J connectivity index is 1.66. The molecule has 2 atom stereocenters. The summed E-state index contributed by atoms with van der Waals surface area (Å²) in [7, 11) is 0. The van der Waals surface area contributed by atoms with Crippen LogP contribution in [0.25, 0.3) is 0 Å². The number of hydrogen-bond acceptors (Lipinski definition) is 7. The zero-order valence-corrected chi connectivity index (χ0v) is 18.5. The molecule has 170 valence electrons. The van der Waals surface area contributed by atoms with Crippen LogP contribution >= 0.6 is 0 Å². The van der Waals surface area contributed by atoms with Crippen molar-refractivity contribution in [3.8, 4) is 5.75 Å². The molecule has 2 aromatic rings. The smallest absolute Gasteiger partial charge is 0.123 e. The topological polar surface area (TPSA) is 68.3 Å². The number of pyridine rings is 1. The molecule has 2 heterocycles. The van der Waals surface area contributed by atoms with E-state index in [9.17, 15) is 0 Å². The second-order valence-electron chi connectivity index (χ2n) is 7.57. The molecule has 0 N–H and O–H groups in total. The van der Waals surface area contributed by atoms with Crippen molar-refractivity contribution in [3.05, 3.63) is 59.4 Å². The van der Waals surface area contributed by atoms with E-state index in [1.54, 1.807) is 0 Å². The standard InChI is InChI=1S/C24H33NO6/c1-19-14-27-10-8-26-9-11-28-15-20(2)30-18-23-13-24(12-22(25-23)17-29-19)31-16-21-6-4-3-5-7-21/h3-7,12-13,19-20H,8-11,14-18H2,1-2H3/t19-,20-/m0/s1. The SMILES string of the molecule is C[C@H]1COCCOCCOC[C@H](C)OCc2cc(OCc3ccccc3)cc(n2)CO1.